The lowest BCUT2D eigenvalue weighted by molar-refractivity contribution is 0.561. The molecule has 0 saturated heterocycles. The number of aryl methyl sites for hydroxylation is 2. The molecule has 0 spiro atoms. The number of hydrogen-bond donors (Lipinski definition) is 1. The minimum Gasteiger partial charge on any atom is -0.441 e. The van der Waals surface area contributed by atoms with Crippen molar-refractivity contribution in [2.24, 2.45) is 0 Å². The van der Waals surface area contributed by atoms with Crippen LogP contribution in [0.1, 0.15) is 11.6 Å². The van der Waals surface area contributed by atoms with E-state index >= 15 is 0 Å². The Bertz CT molecular complexity index is 786. The highest BCUT2D eigenvalue weighted by Gasteiger charge is 2.06. The maximum Gasteiger partial charge on any atom is 0.345 e. The Kier molecular flexibility index (Phi) is 2.26. The SMILES string of the molecule is Cc1cc(-c2ccc3nc(C)oc3c2)nc(=O)[nH]1. The molecule has 18 heavy (non-hydrogen) atoms. The average molecular weight is 241 g/mol. The molecule has 0 aliphatic carbocycles. The van der Waals surface area contributed by atoms with E-state index in [1.165, 1.54) is 0 Å². The first-order chi connectivity index (χ1) is 8.61. The second kappa shape index (κ2) is 3.80. The zero-order chi connectivity index (χ0) is 12.7. The quantitative estimate of drug-likeness (QED) is 0.708. The lowest BCUT2D eigenvalue weighted by Crippen LogP contribution is -2.11. The Morgan fingerprint density at radius 3 is 2.78 bits per heavy atom. The Labute approximate surface area is 103 Å². The summed E-state index contributed by atoms with van der Waals surface area (Å²) in [7, 11) is 0. The van der Waals surface area contributed by atoms with Crippen molar-refractivity contribution in [1.82, 2.24) is 15.0 Å². The van der Waals surface area contributed by atoms with E-state index in [4.69, 9.17) is 4.42 Å². The van der Waals surface area contributed by atoms with Gasteiger partial charge < -0.3 is 9.40 Å². The van der Waals surface area contributed by atoms with E-state index in [0.717, 1.165) is 16.8 Å². The van der Waals surface area contributed by atoms with Crippen LogP contribution in [-0.4, -0.2) is 15.0 Å². The number of oxazole rings is 1. The van der Waals surface area contributed by atoms with Gasteiger partial charge in [-0.3, -0.25) is 0 Å². The summed E-state index contributed by atoms with van der Waals surface area (Å²) in [6.07, 6.45) is 0. The standard InChI is InChI=1S/C13H11N3O2/c1-7-5-11(16-13(17)14-7)9-3-4-10-12(6-9)18-8(2)15-10/h3-6H,1-2H3,(H,14,16,17). The fourth-order valence-corrected chi connectivity index (χ4v) is 1.93. The van der Waals surface area contributed by atoms with Gasteiger partial charge in [0.15, 0.2) is 11.5 Å². The van der Waals surface area contributed by atoms with Crippen LogP contribution in [0.5, 0.6) is 0 Å². The van der Waals surface area contributed by atoms with Crippen molar-refractivity contribution < 1.29 is 4.42 Å². The molecule has 0 atom stereocenters. The average Bonchev–Trinajstić information content (AvgIpc) is 2.66. The Hall–Kier alpha value is -2.43. The number of aromatic nitrogens is 3. The third-order valence-electron chi connectivity index (χ3n) is 2.67. The van der Waals surface area contributed by atoms with Crippen LogP contribution >= 0.6 is 0 Å². The van der Waals surface area contributed by atoms with E-state index in [2.05, 4.69) is 15.0 Å². The normalized spacial score (nSPS) is 11.0. The zero-order valence-electron chi connectivity index (χ0n) is 10.0. The summed E-state index contributed by atoms with van der Waals surface area (Å²) in [6.45, 7) is 3.62. The monoisotopic (exact) mass is 241 g/mol. The molecule has 2 heterocycles. The van der Waals surface area contributed by atoms with E-state index < -0.39 is 0 Å². The Morgan fingerprint density at radius 2 is 2.00 bits per heavy atom. The second-order valence-corrected chi connectivity index (χ2v) is 4.17. The van der Waals surface area contributed by atoms with Gasteiger partial charge in [-0.1, -0.05) is 6.07 Å². The Morgan fingerprint density at radius 1 is 1.17 bits per heavy atom. The summed E-state index contributed by atoms with van der Waals surface area (Å²) in [5.41, 5.74) is 3.40. The van der Waals surface area contributed by atoms with E-state index in [0.29, 0.717) is 17.2 Å². The van der Waals surface area contributed by atoms with Crippen molar-refractivity contribution in [3.8, 4) is 11.3 Å². The maximum absolute atomic E-state index is 11.3. The summed E-state index contributed by atoms with van der Waals surface area (Å²) >= 11 is 0. The first-order valence-electron chi connectivity index (χ1n) is 5.57. The lowest BCUT2D eigenvalue weighted by Gasteiger charge is -2.00. The van der Waals surface area contributed by atoms with Gasteiger partial charge in [0.05, 0.1) is 5.69 Å². The summed E-state index contributed by atoms with van der Waals surface area (Å²) in [5, 5.41) is 0. The minimum absolute atomic E-state index is 0.348. The van der Waals surface area contributed by atoms with Crippen LogP contribution in [0.25, 0.3) is 22.4 Å². The molecule has 1 N–H and O–H groups in total. The van der Waals surface area contributed by atoms with Crippen molar-refractivity contribution in [3.63, 3.8) is 0 Å². The maximum atomic E-state index is 11.3. The highest BCUT2D eigenvalue weighted by molar-refractivity contribution is 5.79. The van der Waals surface area contributed by atoms with Gasteiger partial charge in [0.2, 0.25) is 0 Å². The molecule has 0 aliphatic heterocycles. The molecule has 2 aromatic heterocycles. The first kappa shape index (κ1) is 10.7. The smallest absolute Gasteiger partial charge is 0.345 e. The number of fused-ring (bicyclic) bond motifs is 1. The molecule has 0 radical (unpaired) electrons. The second-order valence-electron chi connectivity index (χ2n) is 4.17. The number of nitrogens with zero attached hydrogens (tertiary/aromatic N) is 2. The number of H-pyrrole nitrogens is 1. The predicted octanol–water partition coefficient (Wildman–Crippen LogP) is 2.19. The topological polar surface area (TPSA) is 71.8 Å². The van der Waals surface area contributed by atoms with E-state index in [1.54, 1.807) is 6.92 Å². The van der Waals surface area contributed by atoms with Gasteiger partial charge in [0.25, 0.3) is 0 Å². The number of benzene rings is 1. The highest BCUT2D eigenvalue weighted by Crippen LogP contribution is 2.23. The predicted molar refractivity (Wildman–Crippen MR) is 67.3 cm³/mol. The van der Waals surface area contributed by atoms with Crippen molar-refractivity contribution in [1.29, 1.82) is 0 Å². The number of hydrogen-bond acceptors (Lipinski definition) is 4. The minimum atomic E-state index is -0.348. The van der Waals surface area contributed by atoms with E-state index in [9.17, 15) is 4.79 Å². The fraction of sp³-hybridized carbons (Fsp3) is 0.154. The number of nitrogens with one attached hydrogen (secondary N) is 1. The molecule has 0 fully saturated rings. The molecular weight excluding hydrogens is 230 g/mol. The van der Waals surface area contributed by atoms with Crippen LogP contribution in [-0.2, 0) is 0 Å². The van der Waals surface area contributed by atoms with Gasteiger partial charge in [0, 0.05) is 18.2 Å². The molecule has 0 saturated carbocycles. The van der Waals surface area contributed by atoms with Gasteiger partial charge in [-0.15, -0.1) is 0 Å². The van der Waals surface area contributed by atoms with E-state index in [-0.39, 0.29) is 5.69 Å². The fourth-order valence-electron chi connectivity index (χ4n) is 1.93. The summed E-state index contributed by atoms with van der Waals surface area (Å²) in [5.74, 6) is 0.622. The lowest BCUT2D eigenvalue weighted by atomic mass is 10.1. The largest absolute Gasteiger partial charge is 0.441 e. The highest BCUT2D eigenvalue weighted by atomic mass is 16.3. The molecule has 0 amide bonds. The van der Waals surface area contributed by atoms with E-state index in [1.807, 2.05) is 31.2 Å². The molecule has 0 unspecified atom stereocenters. The van der Waals surface area contributed by atoms with Gasteiger partial charge >= 0.3 is 5.69 Å². The van der Waals surface area contributed by atoms with Crippen LogP contribution in [0.15, 0.2) is 33.5 Å². The van der Waals surface area contributed by atoms with Gasteiger partial charge in [0.1, 0.15) is 5.52 Å². The molecule has 0 aliphatic rings. The molecule has 5 nitrogen and oxygen atoms in total. The Balaban J connectivity index is 2.21. The molecule has 1 aromatic carbocycles. The van der Waals surface area contributed by atoms with Crippen molar-refractivity contribution >= 4 is 11.1 Å². The summed E-state index contributed by atoms with van der Waals surface area (Å²) < 4.78 is 5.47. The summed E-state index contributed by atoms with van der Waals surface area (Å²) in [4.78, 5) is 22.1. The molecular formula is C13H11N3O2. The van der Waals surface area contributed by atoms with Crippen LogP contribution in [0.4, 0.5) is 0 Å². The number of rotatable bonds is 1. The van der Waals surface area contributed by atoms with Gasteiger partial charge in [-0.25, -0.2) is 9.78 Å². The summed E-state index contributed by atoms with van der Waals surface area (Å²) in [6, 6.07) is 7.41. The third-order valence-corrected chi connectivity index (χ3v) is 2.67. The molecule has 90 valence electrons. The first-order valence-corrected chi connectivity index (χ1v) is 5.57. The molecule has 5 heteroatoms. The zero-order valence-corrected chi connectivity index (χ0v) is 10.0. The van der Waals surface area contributed by atoms with Gasteiger partial charge in [-0.2, -0.15) is 4.98 Å². The molecule has 3 aromatic rings. The molecule has 0 bridgehead atoms. The molecule has 3 rings (SSSR count). The third kappa shape index (κ3) is 1.79. The van der Waals surface area contributed by atoms with Crippen LogP contribution in [0.3, 0.4) is 0 Å². The van der Waals surface area contributed by atoms with Crippen molar-refractivity contribution in [3.05, 3.63) is 46.3 Å². The van der Waals surface area contributed by atoms with Gasteiger partial charge in [-0.05, 0) is 25.1 Å². The van der Waals surface area contributed by atoms with Crippen molar-refractivity contribution in [2.45, 2.75) is 13.8 Å². The van der Waals surface area contributed by atoms with Crippen LogP contribution in [0, 0.1) is 13.8 Å². The van der Waals surface area contributed by atoms with Crippen LogP contribution in [0.2, 0.25) is 0 Å². The van der Waals surface area contributed by atoms with Crippen molar-refractivity contribution in [2.75, 3.05) is 0 Å². The number of aromatic amines is 1. The van der Waals surface area contributed by atoms with Crippen LogP contribution < -0.4 is 5.69 Å².